The number of nitrogens with zero attached hydrogens (tertiary/aromatic N) is 1. The van der Waals surface area contributed by atoms with Gasteiger partial charge in [0.25, 0.3) is 5.56 Å². The van der Waals surface area contributed by atoms with E-state index in [0.717, 1.165) is 5.56 Å². The van der Waals surface area contributed by atoms with Crippen LogP contribution in [0.25, 0.3) is 16.6 Å². The van der Waals surface area contributed by atoms with Crippen molar-refractivity contribution in [2.75, 3.05) is 7.11 Å². The van der Waals surface area contributed by atoms with Crippen LogP contribution in [-0.2, 0) is 4.74 Å². The fourth-order valence-electron chi connectivity index (χ4n) is 2.35. The molecule has 2 aromatic heterocycles. The van der Waals surface area contributed by atoms with Gasteiger partial charge in [-0.15, -0.1) is 0 Å². The van der Waals surface area contributed by atoms with Crippen LogP contribution < -0.4 is 5.56 Å². The van der Waals surface area contributed by atoms with Crippen LogP contribution in [-0.4, -0.2) is 17.5 Å². The number of carbonyl (C=O) groups excluding carboxylic acids is 1. The Labute approximate surface area is 121 Å². The summed E-state index contributed by atoms with van der Waals surface area (Å²) < 4.78 is 6.29. The van der Waals surface area contributed by atoms with Gasteiger partial charge >= 0.3 is 5.97 Å². The van der Waals surface area contributed by atoms with E-state index in [0.29, 0.717) is 16.6 Å². The highest BCUT2D eigenvalue weighted by Crippen LogP contribution is 2.20. The van der Waals surface area contributed by atoms with Gasteiger partial charge in [-0.1, -0.05) is 36.4 Å². The van der Waals surface area contributed by atoms with Gasteiger partial charge in [-0.05, 0) is 23.8 Å². The zero-order valence-corrected chi connectivity index (χ0v) is 11.4. The Kier molecular flexibility index (Phi) is 3.28. The SMILES string of the molecule is COC(=O)c1cc(-c2ccccc2)c(=O)n2ccccc12. The molecule has 0 unspecified atom stereocenters. The monoisotopic (exact) mass is 279 g/mol. The number of esters is 1. The summed E-state index contributed by atoms with van der Waals surface area (Å²) in [6, 6.07) is 16.1. The highest BCUT2D eigenvalue weighted by Gasteiger charge is 2.16. The second-order valence-electron chi connectivity index (χ2n) is 4.59. The van der Waals surface area contributed by atoms with E-state index in [4.69, 9.17) is 4.74 Å². The molecule has 3 aromatic rings. The summed E-state index contributed by atoms with van der Waals surface area (Å²) >= 11 is 0. The summed E-state index contributed by atoms with van der Waals surface area (Å²) in [5, 5.41) is 0. The van der Waals surface area contributed by atoms with Gasteiger partial charge in [0.2, 0.25) is 0 Å². The molecule has 0 aliphatic carbocycles. The van der Waals surface area contributed by atoms with Crippen LogP contribution >= 0.6 is 0 Å². The Morgan fingerprint density at radius 1 is 1.05 bits per heavy atom. The fourth-order valence-corrected chi connectivity index (χ4v) is 2.35. The normalized spacial score (nSPS) is 10.5. The molecule has 1 aromatic carbocycles. The van der Waals surface area contributed by atoms with Crippen LogP contribution in [0.5, 0.6) is 0 Å². The molecule has 21 heavy (non-hydrogen) atoms. The van der Waals surface area contributed by atoms with Crippen molar-refractivity contribution in [1.29, 1.82) is 0 Å². The third-order valence-electron chi connectivity index (χ3n) is 3.36. The predicted octanol–water partition coefficient (Wildman–Crippen LogP) is 2.75. The zero-order valence-electron chi connectivity index (χ0n) is 11.4. The van der Waals surface area contributed by atoms with E-state index >= 15 is 0 Å². The van der Waals surface area contributed by atoms with Crippen LogP contribution in [0.4, 0.5) is 0 Å². The van der Waals surface area contributed by atoms with E-state index < -0.39 is 5.97 Å². The average Bonchev–Trinajstić information content (AvgIpc) is 2.55. The first-order chi connectivity index (χ1) is 10.2. The van der Waals surface area contributed by atoms with E-state index in [1.54, 1.807) is 30.5 Å². The summed E-state index contributed by atoms with van der Waals surface area (Å²) in [5.41, 5.74) is 1.99. The summed E-state index contributed by atoms with van der Waals surface area (Å²) in [6.45, 7) is 0. The number of hydrogen-bond donors (Lipinski definition) is 0. The Balaban J connectivity index is 2.40. The maximum atomic E-state index is 12.6. The van der Waals surface area contributed by atoms with Crippen LogP contribution in [0.2, 0.25) is 0 Å². The van der Waals surface area contributed by atoms with E-state index in [9.17, 15) is 9.59 Å². The number of methoxy groups -OCH3 is 1. The summed E-state index contributed by atoms with van der Waals surface area (Å²) in [5.74, 6) is -0.462. The van der Waals surface area contributed by atoms with Crippen molar-refractivity contribution < 1.29 is 9.53 Å². The molecule has 2 heterocycles. The van der Waals surface area contributed by atoms with Gasteiger partial charge in [-0.25, -0.2) is 4.79 Å². The van der Waals surface area contributed by atoms with Crippen molar-refractivity contribution >= 4 is 11.5 Å². The Bertz CT molecular complexity index is 866. The van der Waals surface area contributed by atoms with Gasteiger partial charge in [0.05, 0.1) is 18.2 Å². The number of ether oxygens (including phenoxy) is 1. The highest BCUT2D eigenvalue weighted by molar-refractivity contribution is 5.98. The lowest BCUT2D eigenvalue weighted by molar-refractivity contribution is 0.0602. The molecule has 0 aliphatic heterocycles. The minimum atomic E-state index is -0.462. The third-order valence-corrected chi connectivity index (χ3v) is 3.36. The molecule has 0 spiro atoms. The van der Waals surface area contributed by atoms with Gasteiger partial charge in [0.15, 0.2) is 0 Å². The smallest absolute Gasteiger partial charge is 0.340 e. The molecule has 0 amide bonds. The minimum absolute atomic E-state index is 0.163. The lowest BCUT2D eigenvalue weighted by Gasteiger charge is -2.09. The number of pyridine rings is 2. The molecule has 0 fully saturated rings. The second-order valence-corrected chi connectivity index (χ2v) is 4.59. The summed E-state index contributed by atoms with van der Waals surface area (Å²) in [7, 11) is 1.33. The number of benzene rings is 1. The standard InChI is InChI=1S/C17H13NO3/c1-21-17(20)14-11-13(12-7-3-2-4-8-12)16(19)18-10-6-5-9-15(14)18/h2-11H,1H3. The van der Waals surface area contributed by atoms with Crippen molar-refractivity contribution in [3.8, 4) is 11.1 Å². The molecule has 0 saturated heterocycles. The molecule has 0 N–H and O–H groups in total. The number of rotatable bonds is 2. The molecule has 4 nitrogen and oxygen atoms in total. The van der Waals surface area contributed by atoms with Crippen molar-refractivity contribution in [2.45, 2.75) is 0 Å². The second kappa shape index (κ2) is 5.25. The molecule has 0 aliphatic rings. The van der Waals surface area contributed by atoms with Crippen molar-refractivity contribution in [1.82, 2.24) is 4.40 Å². The van der Waals surface area contributed by atoms with Gasteiger partial charge < -0.3 is 4.74 Å². The molecular weight excluding hydrogens is 266 g/mol. The Hall–Kier alpha value is -2.88. The number of fused-ring (bicyclic) bond motifs is 1. The Morgan fingerprint density at radius 3 is 2.48 bits per heavy atom. The molecule has 104 valence electrons. The summed E-state index contributed by atoms with van der Waals surface area (Å²) in [6.07, 6.45) is 1.65. The maximum absolute atomic E-state index is 12.6. The first kappa shape index (κ1) is 13.1. The average molecular weight is 279 g/mol. The van der Waals surface area contributed by atoms with E-state index in [1.807, 2.05) is 30.3 Å². The van der Waals surface area contributed by atoms with Crippen LogP contribution in [0.3, 0.4) is 0 Å². The van der Waals surface area contributed by atoms with Gasteiger partial charge in [-0.2, -0.15) is 0 Å². The van der Waals surface area contributed by atoms with Crippen molar-refractivity contribution in [3.63, 3.8) is 0 Å². The van der Waals surface area contributed by atoms with Crippen molar-refractivity contribution in [3.05, 3.63) is 76.7 Å². The molecule has 0 bridgehead atoms. The Morgan fingerprint density at radius 2 is 1.76 bits per heavy atom. The zero-order chi connectivity index (χ0) is 14.8. The van der Waals surface area contributed by atoms with E-state index in [2.05, 4.69) is 0 Å². The topological polar surface area (TPSA) is 47.8 Å². The first-order valence-electron chi connectivity index (χ1n) is 6.50. The van der Waals surface area contributed by atoms with Gasteiger partial charge in [0.1, 0.15) is 0 Å². The van der Waals surface area contributed by atoms with Crippen molar-refractivity contribution in [2.24, 2.45) is 0 Å². The highest BCUT2D eigenvalue weighted by atomic mass is 16.5. The van der Waals surface area contributed by atoms with Crippen LogP contribution in [0, 0.1) is 0 Å². The van der Waals surface area contributed by atoms with Gasteiger partial charge in [-0.3, -0.25) is 9.20 Å². The number of hydrogen-bond acceptors (Lipinski definition) is 3. The number of carbonyl (C=O) groups is 1. The van der Waals surface area contributed by atoms with E-state index in [1.165, 1.54) is 11.5 Å². The largest absolute Gasteiger partial charge is 0.465 e. The predicted molar refractivity (Wildman–Crippen MR) is 80.4 cm³/mol. The lowest BCUT2D eigenvalue weighted by atomic mass is 10.0. The summed E-state index contributed by atoms with van der Waals surface area (Å²) in [4.78, 5) is 24.6. The first-order valence-corrected chi connectivity index (χ1v) is 6.50. The minimum Gasteiger partial charge on any atom is -0.465 e. The number of aromatic nitrogens is 1. The molecule has 0 radical (unpaired) electrons. The molecule has 0 saturated carbocycles. The quantitative estimate of drug-likeness (QED) is 0.678. The molecular formula is C17H13NO3. The molecule has 0 atom stereocenters. The van der Waals surface area contributed by atoms with Crippen LogP contribution in [0.15, 0.2) is 65.6 Å². The van der Waals surface area contributed by atoms with Crippen LogP contribution in [0.1, 0.15) is 10.4 Å². The molecule has 3 rings (SSSR count). The lowest BCUT2D eigenvalue weighted by Crippen LogP contribution is -2.19. The fraction of sp³-hybridized carbons (Fsp3) is 0.0588. The van der Waals surface area contributed by atoms with Gasteiger partial charge in [0, 0.05) is 11.8 Å². The third kappa shape index (κ3) is 2.21. The van der Waals surface area contributed by atoms with E-state index in [-0.39, 0.29) is 5.56 Å². The molecule has 4 heteroatoms. The maximum Gasteiger partial charge on any atom is 0.340 e.